The fourth-order valence-corrected chi connectivity index (χ4v) is 2.71. The third-order valence-corrected chi connectivity index (χ3v) is 4.11. The number of carboxylic acid groups (broad SMARTS) is 1. The third kappa shape index (κ3) is 5.81. The number of carbonyl (C=O) groups excluding carboxylic acids is 1. The fraction of sp³-hybridized carbons (Fsp3) is 0.818. The average Bonchev–Trinajstić information content (AvgIpc) is 2.29. The van der Waals surface area contributed by atoms with Crippen LogP contribution in [0.1, 0.15) is 32.1 Å². The number of rotatable bonds is 5. The zero-order valence-electron chi connectivity index (χ0n) is 10.1. The van der Waals surface area contributed by atoms with E-state index in [-0.39, 0.29) is 25.0 Å². The SMILES string of the molecule is CSC1CCC(NC(=O)NCCC(=O)O)CC1. The molecule has 0 unspecified atom stereocenters. The van der Waals surface area contributed by atoms with Crippen molar-refractivity contribution in [2.45, 2.75) is 43.4 Å². The van der Waals surface area contributed by atoms with Crippen molar-refractivity contribution >= 4 is 23.8 Å². The van der Waals surface area contributed by atoms with E-state index in [0.29, 0.717) is 0 Å². The maximum absolute atomic E-state index is 11.4. The molecule has 2 amide bonds. The molecule has 1 aliphatic rings. The van der Waals surface area contributed by atoms with Gasteiger partial charge in [-0.05, 0) is 31.9 Å². The quantitative estimate of drug-likeness (QED) is 0.699. The Balaban J connectivity index is 2.12. The topological polar surface area (TPSA) is 78.4 Å². The van der Waals surface area contributed by atoms with Crippen LogP contribution >= 0.6 is 11.8 Å². The molecule has 5 nitrogen and oxygen atoms in total. The molecular weight excluding hydrogens is 240 g/mol. The number of aliphatic carboxylic acids is 1. The van der Waals surface area contributed by atoms with Crippen LogP contribution in [0.4, 0.5) is 4.79 Å². The molecule has 0 bridgehead atoms. The van der Waals surface area contributed by atoms with E-state index in [4.69, 9.17) is 5.11 Å². The van der Waals surface area contributed by atoms with Crippen molar-refractivity contribution in [1.82, 2.24) is 10.6 Å². The first-order valence-corrected chi connectivity index (χ1v) is 7.19. The number of carbonyl (C=O) groups is 2. The fourth-order valence-electron chi connectivity index (χ4n) is 1.96. The second kappa shape index (κ2) is 7.42. The van der Waals surface area contributed by atoms with Crippen molar-refractivity contribution in [2.24, 2.45) is 0 Å². The third-order valence-electron chi connectivity index (χ3n) is 2.97. The Hall–Kier alpha value is -0.910. The van der Waals surface area contributed by atoms with Crippen LogP contribution in [0.5, 0.6) is 0 Å². The van der Waals surface area contributed by atoms with E-state index >= 15 is 0 Å². The number of urea groups is 1. The largest absolute Gasteiger partial charge is 0.481 e. The Labute approximate surface area is 106 Å². The van der Waals surface area contributed by atoms with Crippen molar-refractivity contribution in [2.75, 3.05) is 12.8 Å². The molecule has 1 saturated carbocycles. The lowest BCUT2D eigenvalue weighted by molar-refractivity contribution is -0.136. The summed E-state index contributed by atoms with van der Waals surface area (Å²) in [7, 11) is 0. The summed E-state index contributed by atoms with van der Waals surface area (Å²) in [5, 5.41) is 14.6. The van der Waals surface area contributed by atoms with Gasteiger partial charge in [0.1, 0.15) is 0 Å². The van der Waals surface area contributed by atoms with Crippen molar-refractivity contribution in [3.63, 3.8) is 0 Å². The molecule has 1 fully saturated rings. The minimum absolute atomic E-state index is 0.0351. The lowest BCUT2D eigenvalue weighted by Gasteiger charge is -2.28. The summed E-state index contributed by atoms with van der Waals surface area (Å²) in [6.45, 7) is 0.182. The van der Waals surface area contributed by atoms with Crippen LogP contribution in [0.25, 0.3) is 0 Å². The van der Waals surface area contributed by atoms with E-state index in [0.717, 1.165) is 30.9 Å². The van der Waals surface area contributed by atoms with Gasteiger partial charge in [0.15, 0.2) is 0 Å². The smallest absolute Gasteiger partial charge is 0.315 e. The number of carboxylic acids is 1. The maximum Gasteiger partial charge on any atom is 0.315 e. The van der Waals surface area contributed by atoms with Gasteiger partial charge in [0.2, 0.25) is 0 Å². The number of thioether (sulfide) groups is 1. The molecule has 17 heavy (non-hydrogen) atoms. The molecule has 98 valence electrons. The van der Waals surface area contributed by atoms with Gasteiger partial charge in [-0.2, -0.15) is 11.8 Å². The highest BCUT2D eigenvalue weighted by atomic mass is 32.2. The zero-order chi connectivity index (χ0) is 12.7. The van der Waals surface area contributed by atoms with Crippen LogP contribution in [-0.2, 0) is 4.79 Å². The summed E-state index contributed by atoms with van der Waals surface area (Å²) >= 11 is 1.89. The molecule has 0 aromatic carbocycles. The number of nitrogens with one attached hydrogen (secondary N) is 2. The lowest BCUT2D eigenvalue weighted by Crippen LogP contribution is -2.44. The van der Waals surface area contributed by atoms with Crippen LogP contribution < -0.4 is 10.6 Å². The van der Waals surface area contributed by atoms with Gasteiger partial charge < -0.3 is 15.7 Å². The monoisotopic (exact) mass is 260 g/mol. The zero-order valence-corrected chi connectivity index (χ0v) is 10.9. The van der Waals surface area contributed by atoms with Crippen molar-refractivity contribution in [3.8, 4) is 0 Å². The van der Waals surface area contributed by atoms with E-state index in [9.17, 15) is 9.59 Å². The highest BCUT2D eigenvalue weighted by Gasteiger charge is 2.21. The predicted molar refractivity (Wildman–Crippen MR) is 68.3 cm³/mol. The van der Waals surface area contributed by atoms with Gasteiger partial charge in [0, 0.05) is 17.8 Å². The lowest BCUT2D eigenvalue weighted by atomic mass is 9.95. The number of hydrogen-bond donors (Lipinski definition) is 3. The Kier molecular flexibility index (Phi) is 6.18. The molecule has 0 spiro atoms. The van der Waals surface area contributed by atoms with Gasteiger partial charge in [0.05, 0.1) is 6.42 Å². The van der Waals surface area contributed by atoms with Crippen molar-refractivity contribution in [3.05, 3.63) is 0 Å². The van der Waals surface area contributed by atoms with E-state index in [1.807, 2.05) is 11.8 Å². The summed E-state index contributed by atoms with van der Waals surface area (Å²) in [4.78, 5) is 21.7. The molecule has 0 radical (unpaired) electrons. The normalized spacial score (nSPS) is 24.1. The molecule has 1 aliphatic carbocycles. The van der Waals surface area contributed by atoms with Crippen molar-refractivity contribution in [1.29, 1.82) is 0 Å². The minimum atomic E-state index is -0.897. The van der Waals surface area contributed by atoms with E-state index in [2.05, 4.69) is 16.9 Å². The predicted octanol–water partition coefficient (Wildman–Crippen LogP) is 1.43. The molecule has 6 heteroatoms. The summed E-state index contributed by atoms with van der Waals surface area (Å²) in [5.74, 6) is -0.897. The van der Waals surface area contributed by atoms with Gasteiger partial charge in [0.25, 0.3) is 0 Å². The van der Waals surface area contributed by atoms with Gasteiger partial charge in [-0.15, -0.1) is 0 Å². The van der Waals surface area contributed by atoms with E-state index in [1.54, 1.807) is 0 Å². The number of hydrogen-bond acceptors (Lipinski definition) is 3. The van der Waals surface area contributed by atoms with Crippen LogP contribution in [0.3, 0.4) is 0 Å². The first-order chi connectivity index (χ1) is 8.11. The summed E-state index contributed by atoms with van der Waals surface area (Å²) in [6, 6.07) is -0.0120. The molecule has 3 N–H and O–H groups in total. The van der Waals surface area contributed by atoms with E-state index in [1.165, 1.54) is 0 Å². The molecule has 0 heterocycles. The van der Waals surface area contributed by atoms with Crippen LogP contribution in [0.15, 0.2) is 0 Å². The Morgan fingerprint density at radius 3 is 2.47 bits per heavy atom. The standard InChI is InChI=1S/C11H20N2O3S/c1-17-9-4-2-8(3-5-9)13-11(16)12-7-6-10(14)15/h8-9H,2-7H2,1H3,(H,14,15)(H2,12,13,16). The Morgan fingerprint density at radius 1 is 1.29 bits per heavy atom. The molecule has 0 aliphatic heterocycles. The molecule has 0 saturated heterocycles. The minimum Gasteiger partial charge on any atom is -0.481 e. The van der Waals surface area contributed by atoms with Gasteiger partial charge in [-0.25, -0.2) is 4.79 Å². The van der Waals surface area contributed by atoms with Crippen LogP contribution in [0.2, 0.25) is 0 Å². The van der Waals surface area contributed by atoms with E-state index < -0.39 is 5.97 Å². The summed E-state index contributed by atoms with van der Waals surface area (Å²) in [5.41, 5.74) is 0. The van der Waals surface area contributed by atoms with Crippen molar-refractivity contribution < 1.29 is 14.7 Å². The summed E-state index contributed by atoms with van der Waals surface area (Å²) < 4.78 is 0. The van der Waals surface area contributed by atoms with Gasteiger partial charge in [-0.3, -0.25) is 4.79 Å². The van der Waals surface area contributed by atoms with Gasteiger partial charge in [-0.1, -0.05) is 0 Å². The molecular formula is C11H20N2O3S. The molecule has 0 aromatic rings. The Bertz CT molecular complexity index is 265. The Morgan fingerprint density at radius 2 is 1.94 bits per heavy atom. The highest BCUT2D eigenvalue weighted by molar-refractivity contribution is 7.99. The molecule has 0 atom stereocenters. The van der Waals surface area contributed by atoms with Crippen LogP contribution in [-0.4, -0.2) is 41.2 Å². The maximum atomic E-state index is 11.4. The number of amides is 2. The second-order valence-corrected chi connectivity index (χ2v) is 5.39. The first kappa shape index (κ1) is 14.2. The summed E-state index contributed by atoms with van der Waals surface area (Å²) in [6.07, 6.45) is 6.39. The van der Waals surface area contributed by atoms with Crippen LogP contribution in [0, 0.1) is 0 Å². The molecule has 1 rings (SSSR count). The average molecular weight is 260 g/mol. The second-order valence-electron chi connectivity index (χ2n) is 4.25. The van der Waals surface area contributed by atoms with Gasteiger partial charge >= 0.3 is 12.0 Å². The first-order valence-electron chi connectivity index (χ1n) is 5.90. The molecule has 0 aromatic heterocycles. The highest BCUT2D eigenvalue weighted by Crippen LogP contribution is 2.26.